The Bertz CT molecular complexity index is 1080. The molecule has 0 saturated heterocycles. The molecule has 0 atom stereocenters. The molecule has 1 N–H and O–H groups in total. The van der Waals surface area contributed by atoms with Crippen molar-refractivity contribution in [3.05, 3.63) is 64.4 Å². The Morgan fingerprint density at radius 3 is 2.52 bits per heavy atom. The molecule has 2 heterocycles. The van der Waals surface area contributed by atoms with Gasteiger partial charge in [-0.1, -0.05) is 15.9 Å². The topological polar surface area (TPSA) is 110 Å². The molecule has 1 aliphatic rings. The number of benzene rings is 2. The number of amides is 3. The summed E-state index contributed by atoms with van der Waals surface area (Å²) in [5, 5.41) is 13.7. The van der Waals surface area contributed by atoms with Crippen molar-refractivity contribution in [3.8, 4) is 5.69 Å². The van der Waals surface area contributed by atoms with Gasteiger partial charge in [-0.2, -0.15) is 0 Å². The number of hydrogen-bond acceptors (Lipinski definition) is 6. The van der Waals surface area contributed by atoms with Crippen LogP contribution in [0.25, 0.3) is 5.69 Å². The molecular formula is C19H15BrN6O3. The molecule has 0 unspecified atom stereocenters. The molecule has 29 heavy (non-hydrogen) atoms. The summed E-state index contributed by atoms with van der Waals surface area (Å²) in [6, 6.07) is 12.1. The first-order valence-corrected chi connectivity index (χ1v) is 9.61. The molecule has 10 heteroatoms. The Labute approximate surface area is 173 Å². The lowest BCUT2D eigenvalue weighted by Gasteiger charge is -2.13. The zero-order valence-electron chi connectivity index (χ0n) is 15.1. The summed E-state index contributed by atoms with van der Waals surface area (Å²) in [5.41, 5.74) is 2.18. The molecular weight excluding hydrogens is 440 g/mol. The number of tetrazole rings is 1. The molecule has 3 aromatic rings. The van der Waals surface area contributed by atoms with Crippen molar-refractivity contribution in [2.24, 2.45) is 0 Å². The molecule has 4 rings (SSSR count). The Kier molecular flexibility index (Phi) is 5.17. The van der Waals surface area contributed by atoms with E-state index >= 15 is 0 Å². The van der Waals surface area contributed by atoms with Gasteiger partial charge in [0.25, 0.3) is 11.8 Å². The van der Waals surface area contributed by atoms with E-state index < -0.39 is 0 Å². The highest BCUT2D eigenvalue weighted by Crippen LogP contribution is 2.26. The summed E-state index contributed by atoms with van der Waals surface area (Å²) in [7, 11) is 0. The van der Waals surface area contributed by atoms with Crippen LogP contribution < -0.4 is 5.32 Å². The van der Waals surface area contributed by atoms with Gasteiger partial charge in [0.05, 0.1) is 16.8 Å². The van der Waals surface area contributed by atoms with Gasteiger partial charge in [-0.15, -0.1) is 5.10 Å². The van der Waals surface area contributed by atoms with Crippen LogP contribution in [-0.4, -0.2) is 49.4 Å². The minimum atomic E-state index is -0.329. The number of aromatic nitrogens is 4. The number of halogens is 1. The van der Waals surface area contributed by atoms with Crippen LogP contribution in [0, 0.1) is 0 Å². The first kappa shape index (κ1) is 18.9. The fraction of sp³-hybridized carbons (Fsp3) is 0.158. The number of carbonyl (C=O) groups is 3. The van der Waals surface area contributed by atoms with Crippen molar-refractivity contribution in [1.82, 2.24) is 25.1 Å². The average Bonchev–Trinajstić information content (AvgIpc) is 3.32. The number of imide groups is 1. The van der Waals surface area contributed by atoms with Crippen molar-refractivity contribution >= 4 is 39.3 Å². The highest BCUT2D eigenvalue weighted by molar-refractivity contribution is 9.10. The maximum absolute atomic E-state index is 12.4. The standard InChI is InChI=1S/C19H15BrN6O3/c20-12-3-8-15-16(10-12)19(29)25(18(15)28)9-1-2-17(27)22-13-4-6-14(7-5-13)26-11-21-23-24-26/h3-8,10-11H,1-2,9H2,(H,22,27). The second-order valence-electron chi connectivity index (χ2n) is 6.40. The molecule has 2 aromatic carbocycles. The highest BCUT2D eigenvalue weighted by atomic mass is 79.9. The van der Waals surface area contributed by atoms with Gasteiger partial charge in [0.1, 0.15) is 6.33 Å². The van der Waals surface area contributed by atoms with Gasteiger partial charge >= 0.3 is 0 Å². The third-order valence-corrected chi connectivity index (χ3v) is 4.98. The number of anilines is 1. The number of hydrogen-bond donors (Lipinski definition) is 1. The lowest BCUT2D eigenvalue weighted by molar-refractivity contribution is -0.116. The van der Waals surface area contributed by atoms with Gasteiger partial charge < -0.3 is 5.32 Å². The molecule has 146 valence electrons. The van der Waals surface area contributed by atoms with Crippen molar-refractivity contribution < 1.29 is 14.4 Å². The van der Waals surface area contributed by atoms with Gasteiger partial charge in [0, 0.05) is 23.1 Å². The largest absolute Gasteiger partial charge is 0.326 e. The van der Waals surface area contributed by atoms with E-state index in [1.807, 2.05) is 0 Å². The fourth-order valence-electron chi connectivity index (χ4n) is 3.06. The number of nitrogens with zero attached hydrogens (tertiary/aromatic N) is 5. The van der Waals surface area contributed by atoms with Gasteiger partial charge in [-0.05, 0) is 59.3 Å². The highest BCUT2D eigenvalue weighted by Gasteiger charge is 2.35. The van der Waals surface area contributed by atoms with E-state index in [0.29, 0.717) is 23.2 Å². The maximum atomic E-state index is 12.4. The quantitative estimate of drug-likeness (QED) is 0.572. The molecule has 9 nitrogen and oxygen atoms in total. The van der Waals surface area contributed by atoms with Crippen molar-refractivity contribution in [3.63, 3.8) is 0 Å². The van der Waals surface area contributed by atoms with E-state index in [0.717, 1.165) is 10.2 Å². The van der Waals surface area contributed by atoms with E-state index in [4.69, 9.17) is 0 Å². The molecule has 0 radical (unpaired) electrons. The van der Waals surface area contributed by atoms with Crippen LogP contribution >= 0.6 is 15.9 Å². The van der Waals surface area contributed by atoms with Crippen molar-refractivity contribution in [2.45, 2.75) is 12.8 Å². The lowest BCUT2D eigenvalue weighted by Crippen LogP contribution is -2.31. The van der Waals surface area contributed by atoms with Crippen LogP contribution in [0.3, 0.4) is 0 Å². The van der Waals surface area contributed by atoms with Gasteiger partial charge in [-0.3, -0.25) is 19.3 Å². The van der Waals surface area contributed by atoms with E-state index in [2.05, 4.69) is 36.8 Å². The lowest BCUT2D eigenvalue weighted by atomic mass is 10.1. The average molecular weight is 455 g/mol. The van der Waals surface area contributed by atoms with Gasteiger partial charge in [0.2, 0.25) is 5.91 Å². The minimum Gasteiger partial charge on any atom is -0.326 e. The third-order valence-electron chi connectivity index (χ3n) is 4.48. The van der Waals surface area contributed by atoms with Crippen LogP contribution in [0.4, 0.5) is 5.69 Å². The Balaban J connectivity index is 1.29. The first-order valence-electron chi connectivity index (χ1n) is 8.82. The second-order valence-corrected chi connectivity index (χ2v) is 7.32. The van der Waals surface area contributed by atoms with Crippen LogP contribution in [0.1, 0.15) is 33.6 Å². The molecule has 0 fully saturated rings. The summed E-state index contributed by atoms with van der Waals surface area (Å²) < 4.78 is 2.25. The van der Waals surface area contributed by atoms with Gasteiger partial charge in [-0.25, -0.2) is 4.68 Å². The first-order chi connectivity index (χ1) is 14.0. The number of rotatable bonds is 6. The normalized spacial score (nSPS) is 12.9. The van der Waals surface area contributed by atoms with Crippen LogP contribution in [0.5, 0.6) is 0 Å². The molecule has 0 saturated carbocycles. The summed E-state index contributed by atoms with van der Waals surface area (Å²) in [5.74, 6) is -0.847. The number of carbonyl (C=O) groups excluding carboxylic acids is 3. The molecule has 1 aliphatic heterocycles. The summed E-state index contributed by atoms with van der Waals surface area (Å²) >= 11 is 3.31. The maximum Gasteiger partial charge on any atom is 0.261 e. The van der Waals surface area contributed by atoms with Crippen LogP contribution in [0.15, 0.2) is 53.3 Å². The summed E-state index contributed by atoms with van der Waals surface area (Å²) in [4.78, 5) is 38.2. The molecule has 1 aromatic heterocycles. The zero-order valence-corrected chi connectivity index (χ0v) is 16.7. The monoisotopic (exact) mass is 454 g/mol. The molecule has 0 spiro atoms. The smallest absolute Gasteiger partial charge is 0.261 e. The predicted molar refractivity (Wildman–Crippen MR) is 107 cm³/mol. The van der Waals surface area contributed by atoms with E-state index in [1.54, 1.807) is 42.5 Å². The predicted octanol–water partition coefficient (Wildman–Crippen LogP) is 2.44. The fourth-order valence-corrected chi connectivity index (χ4v) is 3.43. The Morgan fingerprint density at radius 2 is 1.79 bits per heavy atom. The molecule has 0 bridgehead atoms. The molecule has 0 aliphatic carbocycles. The Morgan fingerprint density at radius 1 is 1.03 bits per heavy atom. The zero-order chi connectivity index (χ0) is 20.4. The van der Waals surface area contributed by atoms with Crippen LogP contribution in [0.2, 0.25) is 0 Å². The Hall–Kier alpha value is -3.40. The summed E-state index contributed by atoms with van der Waals surface area (Å²) in [6.45, 7) is 0.190. The minimum absolute atomic E-state index is 0.186. The molecule has 3 amide bonds. The van der Waals surface area contributed by atoms with Crippen LogP contribution in [-0.2, 0) is 4.79 Å². The van der Waals surface area contributed by atoms with E-state index in [1.165, 1.54) is 15.9 Å². The van der Waals surface area contributed by atoms with Crippen molar-refractivity contribution in [1.29, 1.82) is 0 Å². The SMILES string of the molecule is O=C(CCCN1C(=O)c2ccc(Br)cc2C1=O)Nc1ccc(-n2cnnn2)cc1. The van der Waals surface area contributed by atoms with Crippen molar-refractivity contribution in [2.75, 3.05) is 11.9 Å². The second kappa shape index (κ2) is 7.92. The number of nitrogens with one attached hydrogen (secondary N) is 1. The van der Waals surface area contributed by atoms with E-state index in [9.17, 15) is 14.4 Å². The van der Waals surface area contributed by atoms with Gasteiger partial charge in [0.15, 0.2) is 0 Å². The third kappa shape index (κ3) is 3.92. The summed E-state index contributed by atoms with van der Waals surface area (Å²) in [6.07, 6.45) is 2.04. The number of fused-ring (bicyclic) bond motifs is 1. The van der Waals surface area contributed by atoms with E-state index in [-0.39, 0.29) is 30.7 Å².